The maximum absolute atomic E-state index is 13.9. The molecule has 1 heterocycles. The van der Waals surface area contributed by atoms with Crippen LogP contribution in [0.3, 0.4) is 0 Å². The number of hydrogen-bond acceptors (Lipinski definition) is 5. The number of nitrogens with one attached hydrogen (secondary N) is 1. The van der Waals surface area contributed by atoms with Gasteiger partial charge >= 0.3 is 6.09 Å². The molecular formula is C40H49N3O4. The lowest BCUT2D eigenvalue weighted by Crippen LogP contribution is -2.58. The van der Waals surface area contributed by atoms with E-state index in [-0.39, 0.29) is 18.0 Å². The molecule has 7 heteroatoms. The maximum atomic E-state index is 13.9. The number of para-hydroxylation sites is 1. The van der Waals surface area contributed by atoms with Gasteiger partial charge in [0.25, 0.3) is 5.91 Å². The van der Waals surface area contributed by atoms with E-state index in [1.54, 1.807) is 0 Å². The molecule has 1 aliphatic rings. The number of ether oxygens (including phenoxy) is 2. The van der Waals surface area contributed by atoms with Gasteiger partial charge in [-0.25, -0.2) is 4.79 Å². The van der Waals surface area contributed by atoms with Crippen LogP contribution in [0.1, 0.15) is 68.4 Å². The second kappa shape index (κ2) is 16.0. The normalized spacial score (nSPS) is 16.1. The summed E-state index contributed by atoms with van der Waals surface area (Å²) >= 11 is 0. The van der Waals surface area contributed by atoms with Gasteiger partial charge in [0.2, 0.25) is 0 Å². The number of alkyl carbamates (subject to hydrolysis) is 1. The standard InChI is InChI=1S/C40H49N3O4/c1-5-6-20-34-28-43(38(44)36-22-14-19-31-17-10-12-21-35(31)36)25-24-42(34)27-33(41-39(45)47-40(2,3)4)26-32-18-11-13-23-37(32)46-29-30-15-8-7-9-16-30/h7-19,21-23,33-34H,5-6,20,24-29H2,1-4H3,(H,41,45)/t33?,34-/m0/s1. The van der Waals surface area contributed by atoms with E-state index in [1.165, 1.54) is 0 Å². The summed E-state index contributed by atoms with van der Waals surface area (Å²) < 4.78 is 12.0. The smallest absolute Gasteiger partial charge is 0.407 e. The third kappa shape index (κ3) is 9.58. The van der Waals surface area contributed by atoms with E-state index in [1.807, 2.05) is 92.4 Å². The molecule has 0 bridgehead atoms. The minimum Gasteiger partial charge on any atom is -0.489 e. The monoisotopic (exact) mass is 635 g/mol. The molecule has 1 unspecified atom stereocenters. The molecule has 2 amide bonds. The molecule has 1 saturated heterocycles. The number of benzene rings is 4. The Balaban J connectivity index is 1.34. The molecule has 0 saturated carbocycles. The Bertz CT molecular complexity index is 1610. The van der Waals surface area contributed by atoms with Crippen LogP contribution in [0.15, 0.2) is 97.1 Å². The van der Waals surface area contributed by atoms with E-state index in [2.05, 4.69) is 47.5 Å². The van der Waals surface area contributed by atoms with Crippen molar-refractivity contribution < 1.29 is 19.1 Å². The van der Waals surface area contributed by atoms with Crippen molar-refractivity contribution >= 4 is 22.8 Å². The van der Waals surface area contributed by atoms with Gasteiger partial charge in [-0.05, 0) is 67.6 Å². The molecule has 1 aliphatic heterocycles. The Hall–Kier alpha value is -4.36. The number of unbranched alkanes of at least 4 members (excludes halogenated alkanes) is 1. The van der Waals surface area contributed by atoms with Gasteiger partial charge in [0.15, 0.2) is 0 Å². The minimum atomic E-state index is -0.609. The van der Waals surface area contributed by atoms with Crippen LogP contribution in [-0.4, -0.2) is 65.7 Å². The number of amides is 2. The van der Waals surface area contributed by atoms with Crippen molar-refractivity contribution in [2.24, 2.45) is 0 Å². The average molecular weight is 636 g/mol. The van der Waals surface area contributed by atoms with Crippen molar-refractivity contribution in [2.45, 2.75) is 77.7 Å². The first-order chi connectivity index (χ1) is 22.7. The molecule has 2 atom stereocenters. The number of rotatable bonds is 12. The molecule has 1 N–H and O–H groups in total. The molecule has 248 valence electrons. The van der Waals surface area contributed by atoms with Gasteiger partial charge in [-0.3, -0.25) is 9.69 Å². The van der Waals surface area contributed by atoms with Crippen LogP contribution in [0.4, 0.5) is 4.79 Å². The topological polar surface area (TPSA) is 71.1 Å². The van der Waals surface area contributed by atoms with Gasteiger partial charge in [0.05, 0.1) is 0 Å². The van der Waals surface area contributed by atoms with Crippen molar-refractivity contribution in [2.75, 3.05) is 26.2 Å². The molecule has 5 rings (SSSR count). The summed E-state index contributed by atoms with van der Waals surface area (Å²) in [5.74, 6) is 0.885. The first-order valence-corrected chi connectivity index (χ1v) is 17.0. The molecular weight excluding hydrogens is 586 g/mol. The zero-order valence-electron chi connectivity index (χ0n) is 28.3. The van der Waals surface area contributed by atoms with Gasteiger partial charge in [-0.1, -0.05) is 105 Å². The lowest BCUT2D eigenvalue weighted by molar-refractivity contribution is 0.0372. The summed E-state index contributed by atoms with van der Waals surface area (Å²) in [6.07, 6.45) is 3.27. The number of piperazine rings is 1. The third-order valence-corrected chi connectivity index (χ3v) is 8.65. The van der Waals surface area contributed by atoms with Gasteiger partial charge in [0.1, 0.15) is 18.0 Å². The van der Waals surface area contributed by atoms with Crippen molar-refractivity contribution in [1.82, 2.24) is 15.1 Å². The zero-order chi connectivity index (χ0) is 33.2. The summed E-state index contributed by atoms with van der Waals surface area (Å²) in [5.41, 5.74) is 2.27. The number of hydrogen-bond donors (Lipinski definition) is 1. The van der Waals surface area contributed by atoms with Crippen LogP contribution < -0.4 is 10.1 Å². The molecule has 47 heavy (non-hydrogen) atoms. The summed E-state index contributed by atoms with van der Waals surface area (Å²) in [6.45, 7) is 10.9. The second-order valence-electron chi connectivity index (χ2n) is 13.5. The highest BCUT2D eigenvalue weighted by Crippen LogP contribution is 2.25. The van der Waals surface area contributed by atoms with E-state index < -0.39 is 11.7 Å². The van der Waals surface area contributed by atoms with E-state index in [0.717, 1.165) is 59.0 Å². The van der Waals surface area contributed by atoms with E-state index in [0.29, 0.717) is 32.7 Å². The van der Waals surface area contributed by atoms with E-state index in [9.17, 15) is 9.59 Å². The Morgan fingerprint density at radius 3 is 2.40 bits per heavy atom. The number of nitrogens with zero attached hydrogens (tertiary/aromatic N) is 2. The third-order valence-electron chi connectivity index (χ3n) is 8.65. The SMILES string of the molecule is CCCC[C@H]1CN(C(=O)c2cccc3ccccc23)CCN1CC(Cc1ccccc1OCc1ccccc1)NC(=O)OC(C)(C)C. The summed E-state index contributed by atoms with van der Waals surface area (Å²) in [6, 6.07) is 32.2. The first-order valence-electron chi connectivity index (χ1n) is 17.0. The van der Waals surface area contributed by atoms with Crippen molar-refractivity contribution in [3.05, 3.63) is 114 Å². The predicted molar refractivity (Wildman–Crippen MR) is 189 cm³/mol. The summed E-state index contributed by atoms with van der Waals surface area (Å²) in [4.78, 5) is 31.5. The molecule has 0 spiro atoms. The Labute approximate surface area is 279 Å². The Morgan fingerprint density at radius 2 is 1.62 bits per heavy atom. The van der Waals surface area contributed by atoms with Crippen LogP contribution in [0, 0.1) is 0 Å². The summed E-state index contributed by atoms with van der Waals surface area (Å²) in [7, 11) is 0. The lowest BCUT2D eigenvalue weighted by Gasteiger charge is -2.43. The zero-order valence-corrected chi connectivity index (χ0v) is 28.3. The molecule has 0 aliphatic carbocycles. The molecule has 1 fully saturated rings. The Morgan fingerprint density at radius 1 is 0.894 bits per heavy atom. The van der Waals surface area contributed by atoms with Gasteiger partial charge in [-0.2, -0.15) is 0 Å². The van der Waals surface area contributed by atoms with Gasteiger partial charge in [-0.15, -0.1) is 0 Å². The molecule has 7 nitrogen and oxygen atoms in total. The van der Waals surface area contributed by atoms with Crippen LogP contribution in [0.25, 0.3) is 10.8 Å². The first kappa shape index (κ1) is 34.0. The highest BCUT2D eigenvalue weighted by Gasteiger charge is 2.32. The average Bonchev–Trinajstić information content (AvgIpc) is 3.06. The molecule has 4 aromatic rings. The molecule has 0 aromatic heterocycles. The van der Waals surface area contributed by atoms with Crippen LogP contribution in [-0.2, 0) is 17.8 Å². The fraction of sp³-hybridized carbons (Fsp3) is 0.400. The van der Waals surface area contributed by atoms with Crippen LogP contribution >= 0.6 is 0 Å². The van der Waals surface area contributed by atoms with Crippen molar-refractivity contribution in [3.8, 4) is 5.75 Å². The van der Waals surface area contributed by atoms with E-state index >= 15 is 0 Å². The fourth-order valence-corrected chi connectivity index (χ4v) is 6.35. The highest BCUT2D eigenvalue weighted by atomic mass is 16.6. The minimum absolute atomic E-state index is 0.0795. The number of fused-ring (bicyclic) bond motifs is 1. The lowest BCUT2D eigenvalue weighted by atomic mass is 9.99. The second-order valence-corrected chi connectivity index (χ2v) is 13.5. The van der Waals surface area contributed by atoms with Crippen LogP contribution in [0.5, 0.6) is 5.75 Å². The van der Waals surface area contributed by atoms with Gasteiger partial charge < -0.3 is 19.7 Å². The maximum Gasteiger partial charge on any atom is 0.407 e. The molecule has 0 radical (unpaired) electrons. The van der Waals surface area contributed by atoms with Gasteiger partial charge in [0, 0.05) is 43.8 Å². The summed E-state index contributed by atoms with van der Waals surface area (Å²) in [5, 5.41) is 5.25. The van der Waals surface area contributed by atoms with Crippen molar-refractivity contribution in [3.63, 3.8) is 0 Å². The van der Waals surface area contributed by atoms with Crippen molar-refractivity contribution in [1.29, 1.82) is 0 Å². The number of carbonyl (C=O) groups excluding carboxylic acids is 2. The molecule has 4 aromatic carbocycles. The predicted octanol–water partition coefficient (Wildman–Crippen LogP) is 7.87. The van der Waals surface area contributed by atoms with E-state index in [4.69, 9.17) is 9.47 Å². The fourth-order valence-electron chi connectivity index (χ4n) is 6.35. The Kier molecular flexibility index (Phi) is 11.5. The quantitative estimate of drug-likeness (QED) is 0.172. The number of carbonyl (C=O) groups is 2. The largest absolute Gasteiger partial charge is 0.489 e. The highest BCUT2D eigenvalue weighted by molar-refractivity contribution is 6.07. The van der Waals surface area contributed by atoms with Crippen LogP contribution in [0.2, 0.25) is 0 Å².